The van der Waals surface area contributed by atoms with Crippen LogP contribution in [0, 0.1) is 11.8 Å². The number of ether oxygens (including phenoxy) is 1. The summed E-state index contributed by atoms with van der Waals surface area (Å²) in [5.74, 6) is 0.0228. The van der Waals surface area contributed by atoms with Gasteiger partial charge in [0.2, 0.25) is 0 Å². The molecule has 0 bridgehead atoms. The molecule has 142 valence electrons. The third-order valence-electron chi connectivity index (χ3n) is 4.23. The third kappa shape index (κ3) is 10.6. The minimum atomic E-state index is -2.17. The lowest BCUT2D eigenvalue weighted by atomic mass is 9.87. The zero-order valence-corrected chi connectivity index (χ0v) is 17.0. The second kappa shape index (κ2) is 12.2. The van der Waals surface area contributed by atoms with Gasteiger partial charge in [0.15, 0.2) is 0 Å². The quantitative estimate of drug-likeness (QED) is 0.433. The average molecular weight is 404 g/mol. The van der Waals surface area contributed by atoms with Crippen molar-refractivity contribution >= 4 is 46.7 Å². The summed E-state index contributed by atoms with van der Waals surface area (Å²) in [6, 6.07) is 0. The standard InChI is InChI=1S/C15H28O2.C2HCl3O2/c1-4-6-8-13-10-15(17-12(3)16)11-14(13)9-7-5-2;3-2(4,5)1(6)7/h13-15H,4-11H2,1-3H3;(H,6,7). The number of carboxylic acids is 1. The van der Waals surface area contributed by atoms with Gasteiger partial charge in [-0.25, -0.2) is 4.79 Å². The maximum atomic E-state index is 11.0. The molecule has 1 fully saturated rings. The summed E-state index contributed by atoms with van der Waals surface area (Å²) in [5.41, 5.74) is 0. The third-order valence-corrected chi connectivity index (χ3v) is 4.72. The van der Waals surface area contributed by atoms with Crippen molar-refractivity contribution in [3.8, 4) is 0 Å². The number of esters is 1. The number of rotatable bonds is 7. The first-order valence-electron chi connectivity index (χ1n) is 8.59. The van der Waals surface area contributed by atoms with E-state index in [1.165, 1.54) is 45.4 Å². The Bertz CT molecular complexity index is 367. The number of hydrogen-bond donors (Lipinski definition) is 1. The van der Waals surface area contributed by atoms with Gasteiger partial charge in [0.25, 0.3) is 3.79 Å². The van der Waals surface area contributed by atoms with Gasteiger partial charge in [-0.15, -0.1) is 0 Å². The van der Waals surface area contributed by atoms with E-state index in [1.54, 1.807) is 0 Å². The molecule has 4 nitrogen and oxygen atoms in total. The molecule has 24 heavy (non-hydrogen) atoms. The molecule has 0 aromatic rings. The number of alkyl halides is 3. The number of hydrogen-bond acceptors (Lipinski definition) is 3. The number of unbranched alkanes of at least 4 members (excludes halogenated alkanes) is 2. The number of halogens is 3. The van der Waals surface area contributed by atoms with Crippen molar-refractivity contribution in [1.29, 1.82) is 0 Å². The van der Waals surface area contributed by atoms with Crippen LogP contribution in [-0.4, -0.2) is 26.9 Å². The zero-order chi connectivity index (χ0) is 18.8. The number of carboxylic acid groups (broad SMARTS) is 1. The molecule has 0 aromatic heterocycles. The van der Waals surface area contributed by atoms with Crippen LogP contribution in [0.3, 0.4) is 0 Å². The van der Waals surface area contributed by atoms with Gasteiger partial charge in [-0.2, -0.15) is 0 Å². The second-order valence-electron chi connectivity index (χ2n) is 6.31. The first-order valence-corrected chi connectivity index (χ1v) is 9.72. The highest BCUT2D eigenvalue weighted by Gasteiger charge is 2.34. The maximum absolute atomic E-state index is 11.0. The van der Waals surface area contributed by atoms with Gasteiger partial charge in [0, 0.05) is 6.92 Å². The predicted molar refractivity (Wildman–Crippen MR) is 98.7 cm³/mol. The number of carbonyl (C=O) groups excluding carboxylic acids is 1. The van der Waals surface area contributed by atoms with Crippen molar-refractivity contribution in [1.82, 2.24) is 0 Å². The Morgan fingerprint density at radius 2 is 1.42 bits per heavy atom. The maximum Gasteiger partial charge on any atom is 0.356 e. The molecule has 0 saturated heterocycles. The number of aliphatic carboxylic acids is 1. The Morgan fingerprint density at radius 3 is 1.67 bits per heavy atom. The second-order valence-corrected chi connectivity index (χ2v) is 8.59. The molecule has 0 radical (unpaired) electrons. The van der Waals surface area contributed by atoms with Crippen LogP contribution in [0.5, 0.6) is 0 Å². The molecular weight excluding hydrogens is 375 g/mol. The smallest absolute Gasteiger partial charge is 0.356 e. The highest BCUT2D eigenvalue weighted by atomic mass is 35.6. The summed E-state index contributed by atoms with van der Waals surface area (Å²) in [5, 5.41) is 7.85. The molecular formula is C17H29Cl3O4. The van der Waals surface area contributed by atoms with Crippen LogP contribution in [0.1, 0.15) is 72.1 Å². The van der Waals surface area contributed by atoms with Crippen molar-refractivity contribution in [2.24, 2.45) is 11.8 Å². The Kier molecular flexibility index (Phi) is 12.1. The van der Waals surface area contributed by atoms with E-state index in [1.807, 2.05) is 0 Å². The summed E-state index contributed by atoms with van der Waals surface area (Å²) < 4.78 is 3.23. The summed E-state index contributed by atoms with van der Waals surface area (Å²) in [7, 11) is 0. The lowest BCUT2D eigenvalue weighted by Crippen LogP contribution is -2.16. The van der Waals surface area contributed by atoms with Crippen LogP contribution in [0.15, 0.2) is 0 Å². The minimum Gasteiger partial charge on any atom is -0.478 e. The zero-order valence-electron chi connectivity index (χ0n) is 14.7. The molecule has 0 aromatic carbocycles. The summed E-state index contributed by atoms with van der Waals surface area (Å²) in [6.07, 6.45) is 10.2. The van der Waals surface area contributed by atoms with Crippen molar-refractivity contribution in [2.75, 3.05) is 0 Å². The van der Waals surface area contributed by atoms with Crippen molar-refractivity contribution in [2.45, 2.75) is 82.0 Å². The Morgan fingerprint density at radius 1 is 1.04 bits per heavy atom. The topological polar surface area (TPSA) is 63.6 Å². The molecule has 7 heteroatoms. The van der Waals surface area contributed by atoms with Crippen LogP contribution < -0.4 is 0 Å². The van der Waals surface area contributed by atoms with E-state index in [0.717, 1.165) is 24.7 Å². The van der Waals surface area contributed by atoms with E-state index in [-0.39, 0.29) is 12.1 Å². The molecule has 1 N–H and O–H groups in total. The molecule has 0 amide bonds. The lowest BCUT2D eigenvalue weighted by molar-refractivity contribution is -0.146. The predicted octanol–water partition coefficient (Wildman–Crippen LogP) is 5.77. The average Bonchev–Trinajstić information content (AvgIpc) is 2.83. The van der Waals surface area contributed by atoms with Gasteiger partial charge in [-0.3, -0.25) is 4.79 Å². The molecule has 1 aliphatic rings. The lowest BCUT2D eigenvalue weighted by Gasteiger charge is -2.18. The van der Waals surface area contributed by atoms with Crippen LogP contribution in [0.4, 0.5) is 0 Å². The van der Waals surface area contributed by atoms with Gasteiger partial charge >= 0.3 is 11.9 Å². The van der Waals surface area contributed by atoms with Crippen LogP contribution >= 0.6 is 34.8 Å². The van der Waals surface area contributed by atoms with E-state index >= 15 is 0 Å². The summed E-state index contributed by atoms with van der Waals surface area (Å²) in [4.78, 5) is 20.6. The first-order chi connectivity index (χ1) is 11.1. The molecule has 1 aliphatic carbocycles. The van der Waals surface area contributed by atoms with Gasteiger partial charge in [-0.1, -0.05) is 87.2 Å². The van der Waals surface area contributed by atoms with E-state index in [0.29, 0.717) is 0 Å². The van der Waals surface area contributed by atoms with Crippen LogP contribution in [-0.2, 0) is 14.3 Å². The first kappa shape index (κ1) is 23.8. The molecule has 0 heterocycles. The van der Waals surface area contributed by atoms with E-state index < -0.39 is 9.76 Å². The summed E-state index contributed by atoms with van der Waals surface area (Å²) in [6.45, 7) is 6.03. The molecule has 0 spiro atoms. The van der Waals surface area contributed by atoms with E-state index in [2.05, 4.69) is 13.8 Å². The van der Waals surface area contributed by atoms with E-state index in [9.17, 15) is 9.59 Å². The van der Waals surface area contributed by atoms with Crippen molar-refractivity contribution < 1.29 is 19.4 Å². The SMILES string of the molecule is CCCCC1CC(OC(C)=O)CC1CCCC.O=C(O)C(Cl)(Cl)Cl. The highest BCUT2D eigenvalue weighted by molar-refractivity contribution is 6.75. The number of carbonyl (C=O) groups is 2. The Balaban J connectivity index is 0.000000640. The fourth-order valence-corrected chi connectivity index (χ4v) is 3.13. The van der Waals surface area contributed by atoms with Crippen LogP contribution in [0.2, 0.25) is 0 Å². The largest absolute Gasteiger partial charge is 0.478 e. The van der Waals surface area contributed by atoms with Gasteiger partial charge in [-0.05, 0) is 24.7 Å². The fourth-order valence-electron chi connectivity index (χ4n) is 3.13. The normalized spacial score (nSPS) is 23.3. The fraction of sp³-hybridized carbons (Fsp3) is 0.882. The van der Waals surface area contributed by atoms with Crippen LogP contribution in [0.25, 0.3) is 0 Å². The van der Waals surface area contributed by atoms with Gasteiger partial charge < -0.3 is 9.84 Å². The Hall–Kier alpha value is -0.190. The van der Waals surface area contributed by atoms with E-state index in [4.69, 9.17) is 44.6 Å². The Labute approximate surface area is 160 Å². The van der Waals surface area contributed by atoms with Gasteiger partial charge in [0.05, 0.1) is 0 Å². The highest BCUT2D eigenvalue weighted by Crippen LogP contribution is 2.39. The molecule has 0 aliphatic heterocycles. The summed E-state index contributed by atoms with van der Waals surface area (Å²) >= 11 is 14.4. The minimum absolute atomic E-state index is 0.111. The van der Waals surface area contributed by atoms with Crippen molar-refractivity contribution in [3.63, 3.8) is 0 Å². The monoisotopic (exact) mass is 402 g/mol. The molecule has 1 saturated carbocycles. The van der Waals surface area contributed by atoms with Crippen molar-refractivity contribution in [3.05, 3.63) is 0 Å². The van der Waals surface area contributed by atoms with Gasteiger partial charge in [0.1, 0.15) is 6.10 Å². The molecule has 2 atom stereocenters. The molecule has 2 unspecified atom stereocenters. The molecule has 1 rings (SSSR count).